The van der Waals surface area contributed by atoms with E-state index in [1.54, 1.807) is 6.08 Å². The summed E-state index contributed by atoms with van der Waals surface area (Å²) in [5, 5.41) is 7.14. The van der Waals surface area contributed by atoms with Gasteiger partial charge in [-0.2, -0.15) is 0 Å². The molecule has 4 nitrogen and oxygen atoms in total. The Hall–Kier alpha value is -1.23. The molecule has 5 heteroatoms. The Morgan fingerprint density at radius 1 is 1.57 bits per heavy atom. The highest BCUT2D eigenvalue weighted by atomic mass is 32.1. The summed E-state index contributed by atoms with van der Waals surface area (Å²) in [6, 6.07) is 0. The third kappa shape index (κ3) is 1.98. The number of aryl methyl sites for hydroxylation is 1. The summed E-state index contributed by atoms with van der Waals surface area (Å²) < 4.78 is 3.85. The highest BCUT2D eigenvalue weighted by molar-refractivity contribution is 7.05. The number of allylic oxidation sites excluding steroid dienone is 2. The van der Waals surface area contributed by atoms with E-state index in [-0.39, 0.29) is 5.78 Å². The number of carbonyl (C=O) groups excluding carboxylic acids is 1. The van der Waals surface area contributed by atoms with Gasteiger partial charge in [0.05, 0.1) is 17.1 Å². The van der Waals surface area contributed by atoms with Gasteiger partial charge in [-0.15, -0.1) is 5.10 Å². The Kier molecular flexibility index (Phi) is 2.58. The predicted octanol–water partition coefficient (Wildman–Crippen LogP) is 1.18. The van der Waals surface area contributed by atoms with Crippen LogP contribution in [-0.2, 0) is 11.3 Å². The minimum Gasteiger partial charge on any atom is -0.383 e. The molecule has 1 aliphatic rings. The van der Waals surface area contributed by atoms with Crippen LogP contribution in [0.1, 0.15) is 23.4 Å². The van der Waals surface area contributed by atoms with E-state index < -0.39 is 0 Å². The van der Waals surface area contributed by atoms with Gasteiger partial charge in [0, 0.05) is 18.2 Å². The Labute approximate surface area is 86.2 Å². The first-order chi connectivity index (χ1) is 6.75. The zero-order chi connectivity index (χ0) is 9.97. The number of nitrogens with zero attached hydrogens (tertiary/aromatic N) is 2. The predicted molar refractivity (Wildman–Crippen MR) is 53.8 cm³/mol. The van der Waals surface area contributed by atoms with Crippen molar-refractivity contribution in [1.29, 1.82) is 0 Å². The molecule has 0 atom stereocenters. The normalized spacial score (nSPS) is 15.8. The molecule has 0 amide bonds. The van der Waals surface area contributed by atoms with Crippen molar-refractivity contribution in [3.63, 3.8) is 0 Å². The van der Waals surface area contributed by atoms with Crippen LogP contribution >= 0.6 is 11.5 Å². The van der Waals surface area contributed by atoms with Gasteiger partial charge in [0.15, 0.2) is 5.78 Å². The van der Waals surface area contributed by atoms with Gasteiger partial charge >= 0.3 is 0 Å². The number of ketones is 1. The van der Waals surface area contributed by atoms with Gasteiger partial charge in [0.2, 0.25) is 0 Å². The van der Waals surface area contributed by atoms with Crippen LogP contribution in [0, 0.1) is 6.92 Å². The zero-order valence-electron chi connectivity index (χ0n) is 7.91. The van der Waals surface area contributed by atoms with Crippen LogP contribution in [0.25, 0.3) is 0 Å². The van der Waals surface area contributed by atoms with Crippen molar-refractivity contribution < 1.29 is 4.79 Å². The second-order valence-electron chi connectivity index (χ2n) is 3.27. The molecular weight excluding hydrogens is 198 g/mol. The lowest BCUT2D eigenvalue weighted by Crippen LogP contribution is -2.10. The lowest BCUT2D eigenvalue weighted by Gasteiger charge is -2.03. The molecule has 0 spiro atoms. The Balaban J connectivity index is 1.92. The standard InChI is InChI=1S/C9H11N3OS/c1-6-9(14-12-11-6)5-10-7-2-3-8(13)4-7/h4,10H,2-3,5H2,1H3. The number of hydrogen-bond acceptors (Lipinski definition) is 5. The van der Waals surface area contributed by atoms with E-state index in [0.29, 0.717) is 6.42 Å². The quantitative estimate of drug-likeness (QED) is 0.812. The fraction of sp³-hybridized carbons (Fsp3) is 0.444. The summed E-state index contributed by atoms with van der Waals surface area (Å²) in [6.07, 6.45) is 3.16. The minimum atomic E-state index is 0.214. The highest BCUT2D eigenvalue weighted by Crippen LogP contribution is 2.14. The third-order valence-corrected chi connectivity index (χ3v) is 3.02. The van der Waals surface area contributed by atoms with E-state index in [1.807, 2.05) is 6.92 Å². The maximum atomic E-state index is 10.9. The fourth-order valence-corrected chi connectivity index (χ4v) is 1.91. The molecule has 2 rings (SSSR count). The number of hydrogen-bond donors (Lipinski definition) is 1. The zero-order valence-corrected chi connectivity index (χ0v) is 8.73. The van der Waals surface area contributed by atoms with Crippen LogP contribution in [0.5, 0.6) is 0 Å². The van der Waals surface area contributed by atoms with E-state index in [4.69, 9.17) is 0 Å². The average Bonchev–Trinajstić information content (AvgIpc) is 2.72. The molecule has 14 heavy (non-hydrogen) atoms. The largest absolute Gasteiger partial charge is 0.383 e. The van der Waals surface area contributed by atoms with Crippen molar-refractivity contribution in [3.05, 3.63) is 22.3 Å². The molecule has 1 N–H and O–H groups in total. The van der Waals surface area contributed by atoms with Crippen LogP contribution in [0.2, 0.25) is 0 Å². The van der Waals surface area contributed by atoms with Crippen molar-refractivity contribution in [2.24, 2.45) is 0 Å². The second-order valence-corrected chi connectivity index (χ2v) is 4.11. The second kappa shape index (κ2) is 3.88. The first-order valence-corrected chi connectivity index (χ1v) is 5.28. The van der Waals surface area contributed by atoms with Gasteiger partial charge in [-0.05, 0) is 24.9 Å². The van der Waals surface area contributed by atoms with E-state index in [0.717, 1.165) is 29.2 Å². The molecule has 1 heterocycles. The average molecular weight is 209 g/mol. The number of rotatable bonds is 3. The Morgan fingerprint density at radius 2 is 2.43 bits per heavy atom. The first-order valence-electron chi connectivity index (χ1n) is 4.51. The van der Waals surface area contributed by atoms with Gasteiger partial charge in [0.1, 0.15) is 0 Å². The molecule has 1 aromatic heterocycles. The molecule has 0 fully saturated rings. The maximum absolute atomic E-state index is 10.9. The van der Waals surface area contributed by atoms with Gasteiger partial charge in [0.25, 0.3) is 0 Å². The van der Waals surface area contributed by atoms with Gasteiger partial charge in [-0.3, -0.25) is 4.79 Å². The molecular formula is C9H11N3OS. The monoisotopic (exact) mass is 209 g/mol. The number of nitrogens with one attached hydrogen (secondary N) is 1. The van der Waals surface area contributed by atoms with E-state index in [1.165, 1.54) is 11.5 Å². The SMILES string of the molecule is Cc1nnsc1CNC1=CC(=O)CC1. The fourth-order valence-electron chi connectivity index (χ4n) is 1.34. The summed E-state index contributed by atoms with van der Waals surface area (Å²) in [4.78, 5) is 12.1. The summed E-state index contributed by atoms with van der Waals surface area (Å²) in [5.74, 6) is 0.214. The van der Waals surface area contributed by atoms with Crippen LogP contribution in [0.3, 0.4) is 0 Å². The summed E-state index contributed by atoms with van der Waals surface area (Å²) in [6.45, 7) is 2.66. The van der Waals surface area contributed by atoms with Crippen molar-refractivity contribution in [2.45, 2.75) is 26.3 Å². The van der Waals surface area contributed by atoms with Crippen molar-refractivity contribution in [2.75, 3.05) is 0 Å². The first kappa shape index (κ1) is 9.33. The topological polar surface area (TPSA) is 54.9 Å². The van der Waals surface area contributed by atoms with Crippen LogP contribution in [0.4, 0.5) is 0 Å². The molecule has 1 aromatic rings. The molecule has 0 saturated heterocycles. The molecule has 0 bridgehead atoms. The molecule has 0 unspecified atom stereocenters. The van der Waals surface area contributed by atoms with Gasteiger partial charge < -0.3 is 5.32 Å². The molecule has 1 aliphatic carbocycles. The van der Waals surface area contributed by atoms with Gasteiger partial charge in [-0.25, -0.2) is 0 Å². The van der Waals surface area contributed by atoms with Crippen LogP contribution < -0.4 is 5.32 Å². The van der Waals surface area contributed by atoms with Crippen LogP contribution in [-0.4, -0.2) is 15.4 Å². The Morgan fingerprint density at radius 3 is 3.00 bits per heavy atom. The minimum absolute atomic E-state index is 0.214. The number of aromatic nitrogens is 2. The van der Waals surface area contributed by atoms with Gasteiger partial charge in [-0.1, -0.05) is 4.49 Å². The van der Waals surface area contributed by atoms with E-state index in [9.17, 15) is 4.79 Å². The summed E-state index contributed by atoms with van der Waals surface area (Å²) in [5.41, 5.74) is 2.00. The smallest absolute Gasteiger partial charge is 0.157 e. The highest BCUT2D eigenvalue weighted by Gasteiger charge is 2.12. The lowest BCUT2D eigenvalue weighted by molar-refractivity contribution is -0.114. The Bertz CT molecular complexity index is 383. The number of carbonyl (C=O) groups is 1. The molecule has 0 aromatic carbocycles. The maximum Gasteiger partial charge on any atom is 0.157 e. The van der Waals surface area contributed by atoms with Crippen molar-refractivity contribution in [3.8, 4) is 0 Å². The van der Waals surface area contributed by atoms with Crippen molar-refractivity contribution in [1.82, 2.24) is 14.9 Å². The van der Waals surface area contributed by atoms with E-state index >= 15 is 0 Å². The van der Waals surface area contributed by atoms with Crippen LogP contribution in [0.15, 0.2) is 11.8 Å². The lowest BCUT2D eigenvalue weighted by atomic mass is 10.3. The van der Waals surface area contributed by atoms with E-state index in [2.05, 4.69) is 14.9 Å². The molecule has 0 saturated carbocycles. The molecule has 0 aliphatic heterocycles. The molecule has 0 radical (unpaired) electrons. The third-order valence-electron chi connectivity index (χ3n) is 2.20. The summed E-state index contributed by atoms with van der Waals surface area (Å²) in [7, 11) is 0. The van der Waals surface area contributed by atoms with Crippen molar-refractivity contribution >= 4 is 17.3 Å². The molecule has 74 valence electrons. The summed E-state index contributed by atoms with van der Waals surface area (Å²) >= 11 is 1.40.